The Labute approximate surface area is 105 Å². The van der Waals surface area contributed by atoms with Gasteiger partial charge in [0.25, 0.3) is 0 Å². The highest BCUT2D eigenvalue weighted by atomic mass is 16.5. The van der Waals surface area contributed by atoms with Gasteiger partial charge in [-0.05, 0) is 48.5 Å². The number of nitrogen functional groups attached to an aromatic ring is 2. The molecule has 4 nitrogen and oxygen atoms in total. The number of rotatable bonds is 4. The van der Waals surface area contributed by atoms with Gasteiger partial charge in [0, 0.05) is 16.9 Å². The minimum atomic E-state index is -0.0909. The number of benzene rings is 2. The SMILES string of the molecule is Nc1ccc(OCC(=O)c2ccc(N)cc2)cc1. The Morgan fingerprint density at radius 2 is 1.39 bits per heavy atom. The molecule has 0 heterocycles. The molecule has 92 valence electrons. The van der Waals surface area contributed by atoms with E-state index in [-0.39, 0.29) is 12.4 Å². The monoisotopic (exact) mass is 242 g/mol. The number of carbonyl (C=O) groups excluding carboxylic acids is 1. The van der Waals surface area contributed by atoms with Gasteiger partial charge in [-0.1, -0.05) is 0 Å². The van der Waals surface area contributed by atoms with Crippen molar-refractivity contribution in [2.75, 3.05) is 18.1 Å². The van der Waals surface area contributed by atoms with E-state index in [1.54, 1.807) is 48.5 Å². The fraction of sp³-hybridized carbons (Fsp3) is 0.0714. The summed E-state index contributed by atoms with van der Waals surface area (Å²) in [6.07, 6.45) is 0. The molecule has 0 fully saturated rings. The molecule has 4 heteroatoms. The second-order valence-electron chi connectivity index (χ2n) is 3.90. The molecule has 0 aromatic heterocycles. The minimum Gasteiger partial charge on any atom is -0.485 e. The van der Waals surface area contributed by atoms with Gasteiger partial charge in [0.1, 0.15) is 5.75 Å². The van der Waals surface area contributed by atoms with Crippen LogP contribution >= 0.6 is 0 Å². The van der Waals surface area contributed by atoms with Gasteiger partial charge in [-0.3, -0.25) is 4.79 Å². The summed E-state index contributed by atoms with van der Waals surface area (Å²) in [5.74, 6) is 0.528. The van der Waals surface area contributed by atoms with Crippen LogP contribution in [0.25, 0.3) is 0 Å². The van der Waals surface area contributed by atoms with Gasteiger partial charge in [-0.2, -0.15) is 0 Å². The molecule has 0 saturated heterocycles. The molecule has 0 aliphatic heterocycles. The van der Waals surface area contributed by atoms with E-state index >= 15 is 0 Å². The number of hydrogen-bond donors (Lipinski definition) is 2. The normalized spacial score (nSPS) is 10.0. The van der Waals surface area contributed by atoms with Crippen LogP contribution in [0.2, 0.25) is 0 Å². The number of ether oxygens (including phenoxy) is 1. The van der Waals surface area contributed by atoms with Crippen LogP contribution in [0.4, 0.5) is 11.4 Å². The lowest BCUT2D eigenvalue weighted by Crippen LogP contribution is -2.11. The van der Waals surface area contributed by atoms with Crippen LogP contribution in [-0.4, -0.2) is 12.4 Å². The second-order valence-corrected chi connectivity index (χ2v) is 3.90. The van der Waals surface area contributed by atoms with E-state index in [9.17, 15) is 4.79 Å². The van der Waals surface area contributed by atoms with Crippen molar-refractivity contribution in [2.24, 2.45) is 0 Å². The fourth-order valence-corrected chi connectivity index (χ4v) is 1.47. The summed E-state index contributed by atoms with van der Waals surface area (Å²) in [5.41, 5.74) is 13.0. The highest BCUT2D eigenvalue weighted by Crippen LogP contribution is 2.14. The van der Waals surface area contributed by atoms with Crippen molar-refractivity contribution in [2.45, 2.75) is 0 Å². The van der Waals surface area contributed by atoms with Gasteiger partial charge in [-0.25, -0.2) is 0 Å². The van der Waals surface area contributed by atoms with E-state index in [4.69, 9.17) is 16.2 Å². The summed E-state index contributed by atoms with van der Waals surface area (Å²) in [5, 5.41) is 0. The zero-order valence-electron chi connectivity index (χ0n) is 9.80. The highest BCUT2D eigenvalue weighted by molar-refractivity contribution is 5.97. The average molecular weight is 242 g/mol. The molecule has 0 spiro atoms. The topological polar surface area (TPSA) is 78.3 Å². The molecule has 0 aliphatic carbocycles. The van der Waals surface area contributed by atoms with Crippen molar-refractivity contribution in [1.29, 1.82) is 0 Å². The molecule has 2 aromatic carbocycles. The van der Waals surface area contributed by atoms with Crippen LogP contribution in [0.5, 0.6) is 5.75 Å². The molecule has 2 rings (SSSR count). The summed E-state index contributed by atoms with van der Waals surface area (Å²) in [6, 6.07) is 13.7. The Morgan fingerprint density at radius 3 is 1.94 bits per heavy atom. The van der Waals surface area contributed by atoms with E-state index in [0.29, 0.717) is 22.7 Å². The summed E-state index contributed by atoms with van der Waals surface area (Å²) in [7, 11) is 0. The Balaban J connectivity index is 1.96. The van der Waals surface area contributed by atoms with E-state index < -0.39 is 0 Å². The first kappa shape index (κ1) is 12.0. The maximum atomic E-state index is 11.8. The number of carbonyl (C=O) groups is 1. The van der Waals surface area contributed by atoms with Crippen molar-refractivity contribution in [3.05, 3.63) is 54.1 Å². The first-order valence-corrected chi connectivity index (χ1v) is 5.52. The molecule has 0 unspecified atom stereocenters. The van der Waals surface area contributed by atoms with E-state index in [1.165, 1.54) is 0 Å². The highest BCUT2D eigenvalue weighted by Gasteiger charge is 2.06. The largest absolute Gasteiger partial charge is 0.485 e. The number of ketones is 1. The van der Waals surface area contributed by atoms with Gasteiger partial charge in [0.05, 0.1) is 0 Å². The Kier molecular flexibility index (Phi) is 3.48. The van der Waals surface area contributed by atoms with Crippen LogP contribution in [-0.2, 0) is 0 Å². The van der Waals surface area contributed by atoms with E-state index in [0.717, 1.165) is 0 Å². The zero-order valence-corrected chi connectivity index (χ0v) is 9.80. The quantitative estimate of drug-likeness (QED) is 0.635. The first-order valence-electron chi connectivity index (χ1n) is 5.52. The Hall–Kier alpha value is -2.49. The number of Topliss-reactive ketones (excluding diaryl/α,β-unsaturated/α-hetero) is 1. The zero-order chi connectivity index (χ0) is 13.0. The van der Waals surface area contributed by atoms with Gasteiger partial charge >= 0.3 is 0 Å². The molecule has 18 heavy (non-hydrogen) atoms. The van der Waals surface area contributed by atoms with Crippen molar-refractivity contribution >= 4 is 17.2 Å². The molecular weight excluding hydrogens is 228 g/mol. The smallest absolute Gasteiger partial charge is 0.200 e. The summed E-state index contributed by atoms with van der Waals surface area (Å²) in [4.78, 5) is 11.8. The van der Waals surface area contributed by atoms with Crippen LogP contribution in [0.1, 0.15) is 10.4 Å². The number of hydrogen-bond acceptors (Lipinski definition) is 4. The van der Waals surface area contributed by atoms with Crippen LogP contribution in [0.15, 0.2) is 48.5 Å². The molecule has 0 saturated carbocycles. The molecule has 0 bridgehead atoms. The van der Waals surface area contributed by atoms with Crippen LogP contribution < -0.4 is 16.2 Å². The maximum absolute atomic E-state index is 11.8. The molecule has 0 radical (unpaired) electrons. The van der Waals surface area contributed by atoms with Crippen molar-refractivity contribution in [3.63, 3.8) is 0 Å². The Bertz CT molecular complexity index is 533. The lowest BCUT2D eigenvalue weighted by molar-refractivity contribution is 0.0921. The predicted molar refractivity (Wildman–Crippen MR) is 71.5 cm³/mol. The predicted octanol–water partition coefficient (Wildman–Crippen LogP) is 2.11. The van der Waals surface area contributed by atoms with Gasteiger partial charge in [0.2, 0.25) is 0 Å². The third-order valence-electron chi connectivity index (χ3n) is 2.48. The van der Waals surface area contributed by atoms with Gasteiger partial charge in [-0.15, -0.1) is 0 Å². The van der Waals surface area contributed by atoms with E-state index in [2.05, 4.69) is 0 Å². The van der Waals surface area contributed by atoms with Crippen LogP contribution in [0, 0.1) is 0 Å². The van der Waals surface area contributed by atoms with Crippen molar-refractivity contribution in [1.82, 2.24) is 0 Å². The number of nitrogens with two attached hydrogens (primary N) is 2. The Morgan fingerprint density at radius 1 is 0.889 bits per heavy atom. The number of anilines is 2. The van der Waals surface area contributed by atoms with Crippen molar-refractivity contribution < 1.29 is 9.53 Å². The molecular formula is C14H14N2O2. The molecule has 0 aliphatic rings. The summed E-state index contributed by atoms with van der Waals surface area (Å²) in [6.45, 7) is -0.00611. The molecule has 2 aromatic rings. The van der Waals surface area contributed by atoms with Crippen molar-refractivity contribution in [3.8, 4) is 5.75 Å². The van der Waals surface area contributed by atoms with E-state index in [1.807, 2.05) is 0 Å². The first-order chi connectivity index (χ1) is 8.65. The molecule has 4 N–H and O–H groups in total. The van der Waals surface area contributed by atoms with Gasteiger partial charge < -0.3 is 16.2 Å². The average Bonchev–Trinajstić information content (AvgIpc) is 2.38. The lowest BCUT2D eigenvalue weighted by Gasteiger charge is -2.06. The summed E-state index contributed by atoms with van der Waals surface area (Å²) < 4.78 is 5.37. The third kappa shape index (κ3) is 3.01. The standard InChI is InChI=1S/C14H14N2O2/c15-11-3-1-10(2-4-11)14(17)9-18-13-7-5-12(16)6-8-13/h1-8H,9,15-16H2. The fourth-order valence-electron chi connectivity index (χ4n) is 1.47. The third-order valence-corrected chi connectivity index (χ3v) is 2.48. The molecule has 0 amide bonds. The summed E-state index contributed by atoms with van der Waals surface area (Å²) >= 11 is 0. The molecule has 0 atom stereocenters. The van der Waals surface area contributed by atoms with Crippen LogP contribution in [0.3, 0.4) is 0 Å². The minimum absolute atomic E-state index is 0.00611. The second kappa shape index (κ2) is 5.23. The maximum Gasteiger partial charge on any atom is 0.200 e. The van der Waals surface area contributed by atoms with Gasteiger partial charge in [0.15, 0.2) is 12.4 Å². The lowest BCUT2D eigenvalue weighted by atomic mass is 10.1.